The van der Waals surface area contributed by atoms with E-state index in [-0.39, 0.29) is 16.1 Å². The first kappa shape index (κ1) is 14.8. The molecule has 0 fully saturated rings. The third kappa shape index (κ3) is 3.29. The number of carbonyl (C=O) groups is 1. The van der Waals surface area contributed by atoms with Crippen LogP contribution in [-0.4, -0.2) is 19.3 Å². The molecule has 2 rings (SSSR count). The maximum Gasteiger partial charge on any atom is 0.263 e. The second-order valence-corrected chi connectivity index (χ2v) is 6.06. The van der Waals surface area contributed by atoms with Gasteiger partial charge in [0.1, 0.15) is 4.90 Å². The van der Waals surface area contributed by atoms with Gasteiger partial charge in [-0.05, 0) is 37.3 Å². The number of nitrogens with one attached hydrogen (secondary N) is 1. The minimum Gasteiger partial charge on any atom is -0.398 e. The van der Waals surface area contributed by atoms with Crippen LogP contribution >= 0.6 is 0 Å². The number of primary amides is 1. The van der Waals surface area contributed by atoms with Gasteiger partial charge in [-0.2, -0.15) is 0 Å². The van der Waals surface area contributed by atoms with Crippen LogP contribution in [0.5, 0.6) is 0 Å². The van der Waals surface area contributed by atoms with Gasteiger partial charge in [-0.3, -0.25) is 14.5 Å². The first-order chi connectivity index (χ1) is 9.79. The highest BCUT2D eigenvalue weighted by Gasteiger charge is 2.18. The van der Waals surface area contributed by atoms with E-state index in [0.717, 1.165) is 5.69 Å². The van der Waals surface area contributed by atoms with E-state index < -0.39 is 15.9 Å². The van der Waals surface area contributed by atoms with Crippen molar-refractivity contribution in [1.82, 2.24) is 4.98 Å². The van der Waals surface area contributed by atoms with Crippen molar-refractivity contribution in [2.45, 2.75) is 11.8 Å². The second kappa shape index (κ2) is 5.41. The van der Waals surface area contributed by atoms with Crippen LogP contribution < -0.4 is 16.2 Å². The third-order valence-corrected chi connectivity index (χ3v) is 4.20. The number of nitrogen functional groups attached to an aromatic ring is 1. The summed E-state index contributed by atoms with van der Waals surface area (Å²) in [6.07, 6.45) is 1.40. The number of hydrogen-bond acceptors (Lipinski definition) is 5. The lowest BCUT2D eigenvalue weighted by molar-refractivity contribution is 0.1000. The lowest BCUT2D eigenvalue weighted by atomic mass is 10.2. The molecule has 2 aromatic rings. The molecule has 0 aliphatic heterocycles. The van der Waals surface area contributed by atoms with E-state index in [0.29, 0.717) is 5.69 Å². The normalized spacial score (nSPS) is 11.1. The van der Waals surface area contributed by atoms with Gasteiger partial charge in [0, 0.05) is 11.3 Å². The lowest BCUT2D eigenvalue weighted by Crippen LogP contribution is -2.17. The topological polar surface area (TPSA) is 128 Å². The van der Waals surface area contributed by atoms with Gasteiger partial charge in [0.25, 0.3) is 10.0 Å². The van der Waals surface area contributed by atoms with Crippen molar-refractivity contribution >= 4 is 27.3 Å². The van der Waals surface area contributed by atoms with E-state index in [9.17, 15) is 13.2 Å². The Balaban J connectivity index is 2.35. The molecule has 0 spiro atoms. The molecule has 7 nitrogen and oxygen atoms in total. The molecule has 5 N–H and O–H groups in total. The molecule has 0 atom stereocenters. The Labute approximate surface area is 122 Å². The van der Waals surface area contributed by atoms with Gasteiger partial charge in [-0.15, -0.1) is 0 Å². The Bertz CT molecular complexity index is 786. The molecule has 1 amide bonds. The average Bonchev–Trinajstić information content (AvgIpc) is 2.40. The molecule has 1 heterocycles. The van der Waals surface area contributed by atoms with Crippen LogP contribution in [0.2, 0.25) is 0 Å². The largest absolute Gasteiger partial charge is 0.398 e. The zero-order valence-corrected chi connectivity index (χ0v) is 12.0. The van der Waals surface area contributed by atoms with E-state index in [1.54, 1.807) is 19.1 Å². The first-order valence-corrected chi connectivity index (χ1v) is 7.43. The molecule has 8 heteroatoms. The number of aromatic nitrogens is 1. The number of carbonyl (C=O) groups excluding carboxylic acids is 1. The fourth-order valence-corrected chi connectivity index (χ4v) is 2.84. The van der Waals surface area contributed by atoms with E-state index in [1.807, 2.05) is 0 Å². The summed E-state index contributed by atoms with van der Waals surface area (Å²) in [7, 11) is -3.87. The molecule has 0 radical (unpaired) electrons. The highest BCUT2D eigenvalue weighted by atomic mass is 32.2. The lowest BCUT2D eigenvalue weighted by Gasteiger charge is -2.10. The molecule has 0 aliphatic rings. The quantitative estimate of drug-likeness (QED) is 0.722. The monoisotopic (exact) mass is 306 g/mol. The molecule has 0 aliphatic carbocycles. The smallest absolute Gasteiger partial charge is 0.263 e. The zero-order valence-electron chi connectivity index (χ0n) is 11.2. The van der Waals surface area contributed by atoms with Gasteiger partial charge in [0.05, 0.1) is 17.6 Å². The van der Waals surface area contributed by atoms with E-state index >= 15 is 0 Å². The van der Waals surface area contributed by atoms with Crippen molar-refractivity contribution in [1.29, 1.82) is 0 Å². The van der Waals surface area contributed by atoms with E-state index in [1.165, 1.54) is 24.4 Å². The summed E-state index contributed by atoms with van der Waals surface area (Å²) in [6.45, 7) is 1.79. The SMILES string of the molecule is Cc1ccc(NS(=O)(=O)c2ccc(C(N)=O)cc2N)cn1. The first-order valence-electron chi connectivity index (χ1n) is 5.94. The summed E-state index contributed by atoms with van der Waals surface area (Å²) in [6, 6.07) is 7.04. The Morgan fingerprint density at radius 2 is 1.95 bits per heavy atom. The predicted molar refractivity (Wildman–Crippen MR) is 79.2 cm³/mol. The molecule has 0 bridgehead atoms. The molecule has 110 valence electrons. The Morgan fingerprint density at radius 3 is 2.48 bits per heavy atom. The summed E-state index contributed by atoms with van der Waals surface area (Å²) in [4.78, 5) is 14.9. The maximum absolute atomic E-state index is 12.3. The van der Waals surface area contributed by atoms with Crippen LogP contribution in [0.4, 0.5) is 11.4 Å². The van der Waals surface area contributed by atoms with Gasteiger partial charge >= 0.3 is 0 Å². The van der Waals surface area contributed by atoms with Crippen molar-refractivity contribution < 1.29 is 13.2 Å². The van der Waals surface area contributed by atoms with Crippen molar-refractivity contribution in [2.24, 2.45) is 5.73 Å². The number of pyridine rings is 1. The highest BCUT2D eigenvalue weighted by molar-refractivity contribution is 7.92. The van der Waals surface area contributed by atoms with Crippen molar-refractivity contribution in [3.05, 3.63) is 47.8 Å². The number of aryl methyl sites for hydroxylation is 1. The number of benzene rings is 1. The number of anilines is 2. The highest BCUT2D eigenvalue weighted by Crippen LogP contribution is 2.22. The number of nitrogens with zero attached hydrogens (tertiary/aromatic N) is 1. The molecule has 0 saturated carbocycles. The average molecular weight is 306 g/mol. The molecule has 21 heavy (non-hydrogen) atoms. The number of amides is 1. The van der Waals surface area contributed by atoms with E-state index in [4.69, 9.17) is 11.5 Å². The number of hydrogen-bond donors (Lipinski definition) is 3. The zero-order chi connectivity index (χ0) is 15.6. The summed E-state index contributed by atoms with van der Waals surface area (Å²) in [5.74, 6) is -0.679. The fraction of sp³-hybridized carbons (Fsp3) is 0.0769. The Kier molecular flexibility index (Phi) is 3.81. The van der Waals surface area contributed by atoms with Crippen LogP contribution in [0.15, 0.2) is 41.4 Å². The van der Waals surface area contributed by atoms with Gasteiger partial charge < -0.3 is 11.5 Å². The number of sulfonamides is 1. The number of rotatable bonds is 4. The van der Waals surface area contributed by atoms with Crippen LogP contribution in [0.3, 0.4) is 0 Å². The Hall–Kier alpha value is -2.61. The second-order valence-electron chi connectivity index (χ2n) is 4.41. The summed E-state index contributed by atoms with van der Waals surface area (Å²) in [5.41, 5.74) is 12.0. The molecule has 0 unspecified atom stereocenters. The molecule has 1 aromatic carbocycles. The van der Waals surface area contributed by atoms with Crippen LogP contribution in [0.25, 0.3) is 0 Å². The third-order valence-electron chi connectivity index (χ3n) is 2.75. The van der Waals surface area contributed by atoms with Crippen molar-refractivity contribution in [2.75, 3.05) is 10.5 Å². The summed E-state index contributed by atoms with van der Waals surface area (Å²) < 4.78 is 26.9. The molecule has 1 aromatic heterocycles. The standard InChI is InChI=1S/C13H14N4O3S/c1-8-2-4-10(7-16-8)17-21(19,20)12-5-3-9(13(15)18)6-11(12)14/h2-7,17H,14H2,1H3,(H2,15,18). The van der Waals surface area contributed by atoms with Crippen molar-refractivity contribution in [3.63, 3.8) is 0 Å². The maximum atomic E-state index is 12.3. The molecular weight excluding hydrogens is 292 g/mol. The van der Waals surface area contributed by atoms with Crippen LogP contribution in [0, 0.1) is 6.92 Å². The van der Waals surface area contributed by atoms with Gasteiger partial charge in [-0.1, -0.05) is 0 Å². The van der Waals surface area contributed by atoms with Gasteiger partial charge in [-0.25, -0.2) is 8.42 Å². The predicted octanol–water partition coefficient (Wildman–Crippen LogP) is 0.872. The van der Waals surface area contributed by atoms with Crippen LogP contribution in [-0.2, 0) is 10.0 Å². The molecular formula is C13H14N4O3S. The van der Waals surface area contributed by atoms with E-state index in [2.05, 4.69) is 9.71 Å². The molecule has 0 saturated heterocycles. The Morgan fingerprint density at radius 1 is 1.24 bits per heavy atom. The van der Waals surface area contributed by atoms with Gasteiger partial charge in [0.15, 0.2) is 0 Å². The van der Waals surface area contributed by atoms with Crippen molar-refractivity contribution in [3.8, 4) is 0 Å². The minimum absolute atomic E-state index is 0.0566. The number of nitrogens with two attached hydrogens (primary N) is 2. The minimum atomic E-state index is -3.87. The summed E-state index contributed by atoms with van der Waals surface area (Å²) in [5, 5.41) is 0. The summed E-state index contributed by atoms with van der Waals surface area (Å²) >= 11 is 0. The fourth-order valence-electron chi connectivity index (χ4n) is 1.68. The van der Waals surface area contributed by atoms with Gasteiger partial charge in [0.2, 0.25) is 5.91 Å². The van der Waals surface area contributed by atoms with Crippen LogP contribution in [0.1, 0.15) is 16.1 Å².